The topological polar surface area (TPSA) is 87.5 Å². The van der Waals surface area contributed by atoms with E-state index in [9.17, 15) is 4.79 Å². The number of nitrogens with zero attached hydrogens (tertiary/aromatic N) is 5. The SMILES string of the molecule is COc1cc(Nc2ncc3cc(C(=O)N(C)C)n(C45CC(C4)C5)c3n2)ccc1N1CCNCC1. The lowest BCUT2D eigenvalue weighted by Gasteiger charge is -2.62. The van der Waals surface area contributed by atoms with Gasteiger partial charge in [-0.05, 0) is 43.4 Å². The molecule has 3 aliphatic carbocycles. The van der Waals surface area contributed by atoms with Gasteiger partial charge in [-0.1, -0.05) is 0 Å². The number of benzene rings is 1. The Morgan fingerprint density at radius 2 is 1.97 bits per heavy atom. The van der Waals surface area contributed by atoms with Crippen molar-refractivity contribution in [1.82, 2.24) is 24.8 Å². The molecule has 2 bridgehead atoms. The molecule has 4 aliphatic rings. The molecule has 178 valence electrons. The van der Waals surface area contributed by atoms with Crippen LogP contribution in [-0.2, 0) is 5.54 Å². The average molecular weight is 462 g/mol. The summed E-state index contributed by atoms with van der Waals surface area (Å²) in [6.07, 6.45) is 5.19. The molecule has 0 radical (unpaired) electrons. The standard InChI is InChI=1S/C25H31N7O2/c1-30(2)23(33)20-10-17-15-27-24(29-22(17)32(20)25-12-16(13-25)14-25)28-18-4-5-19(21(11-18)34-3)31-8-6-26-7-9-31/h4-5,10-11,15-16,26H,6-9,12-14H2,1-3H3,(H,27,28,29). The minimum Gasteiger partial charge on any atom is -0.495 e. The second-order valence-electron chi connectivity index (χ2n) is 9.99. The molecule has 1 saturated heterocycles. The number of carbonyl (C=O) groups is 1. The lowest BCUT2D eigenvalue weighted by atomic mass is 9.49. The number of fused-ring (bicyclic) bond motifs is 1. The number of aromatic nitrogens is 3. The van der Waals surface area contributed by atoms with Gasteiger partial charge in [-0.2, -0.15) is 4.98 Å². The monoisotopic (exact) mass is 461 g/mol. The Morgan fingerprint density at radius 3 is 2.62 bits per heavy atom. The Labute approximate surface area is 199 Å². The summed E-state index contributed by atoms with van der Waals surface area (Å²) in [5.74, 6) is 2.13. The molecule has 34 heavy (non-hydrogen) atoms. The average Bonchev–Trinajstić information content (AvgIpc) is 3.15. The zero-order valence-corrected chi connectivity index (χ0v) is 20.0. The fourth-order valence-electron chi connectivity index (χ4n) is 5.67. The van der Waals surface area contributed by atoms with Gasteiger partial charge < -0.3 is 29.7 Å². The number of amides is 1. The Hall–Kier alpha value is -3.33. The van der Waals surface area contributed by atoms with E-state index in [1.807, 2.05) is 24.4 Å². The molecule has 1 aromatic carbocycles. The summed E-state index contributed by atoms with van der Waals surface area (Å²) in [6.45, 7) is 3.85. The minimum absolute atomic E-state index is 0.00507. The van der Waals surface area contributed by atoms with Crippen molar-refractivity contribution in [3.05, 3.63) is 36.2 Å². The largest absolute Gasteiger partial charge is 0.495 e. The molecular weight excluding hydrogens is 430 g/mol. The summed E-state index contributed by atoms with van der Waals surface area (Å²) in [6, 6.07) is 8.05. The molecule has 0 atom stereocenters. The van der Waals surface area contributed by atoms with Crippen molar-refractivity contribution in [3.8, 4) is 5.75 Å². The number of rotatable bonds is 6. The first-order chi connectivity index (χ1) is 16.5. The van der Waals surface area contributed by atoms with Gasteiger partial charge in [0.1, 0.15) is 17.1 Å². The molecule has 0 unspecified atom stereocenters. The molecule has 1 aliphatic heterocycles. The highest BCUT2D eigenvalue weighted by Gasteiger charge is 2.59. The Morgan fingerprint density at radius 1 is 1.21 bits per heavy atom. The highest BCUT2D eigenvalue weighted by Crippen LogP contribution is 2.63. The van der Waals surface area contributed by atoms with Crippen LogP contribution in [-0.4, -0.2) is 72.7 Å². The third kappa shape index (κ3) is 3.29. The van der Waals surface area contributed by atoms with E-state index >= 15 is 0 Å². The maximum absolute atomic E-state index is 13.0. The lowest BCUT2D eigenvalue weighted by Crippen LogP contribution is -2.60. The number of nitrogens with one attached hydrogen (secondary N) is 2. The van der Waals surface area contributed by atoms with E-state index in [0.717, 1.165) is 79.5 Å². The van der Waals surface area contributed by atoms with Gasteiger partial charge in [-0.3, -0.25) is 4.79 Å². The quantitative estimate of drug-likeness (QED) is 0.584. The zero-order valence-electron chi connectivity index (χ0n) is 20.0. The van der Waals surface area contributed by atoms with Crippen LogP contribution in [0, 0.1) is 5.92 Å². The van der Waals surface area contributed by atoms with E-state index in [-0.39, 0.29) is 11.4 Å². The van der Waals surface area contributed by atoms with Crippen molar-refractivity contribution in [2.24, 2.45) is 5.92 Å². The summed E-state index contributed by atoms with van der Waals surface area (Å²) in [7, 11) is 5.29. The Bertz CT molecular complexity index is 1240. The highest BCUT2D eigenvalue weighted by molar-refractivity contribution is 5.98. The molecule has 0 spiro atoms. The Kier molecular flexibility index (Phi) is 4.91. The van der Waals surface area contributed by atoms with Gasteiger partial charge in [0, 0.05) is 69.2 Å². The fourth-order valence-corrected chi connectivity index (χ4v) is 5.67. The molecule has 9 nitrogen and oxygen atoms in total. The third-order valence-corrected chi connectivity index (χ3v) is 7.54. The van der Waals surface area contributed by atoms with E-state index < -0.39 is 0 Å². The van der Waals surface area contributed by atoms with Crippen molar-refractivity contribution in [1.29, 1.82) is 0 Å². The summed E-state index contributed by atoms with van der Waals surface area (Å²) in [5, 5.41) is 7.63. The number of methoxy groups -OCH3 is 1. The maximum Gasteiger partial charge on any atom is 0.270 e. The first-order valence-electron chi connectivity index (χ1n) is 12.0. The predicted octanol–water partition coefficient (Wildman–Crippen LogP) is 2.80. The van der Waals surface area contributed by atoms with Gasteiger partial charge in [-0.25, -0.2) is 4.98 Å². The molecule has 3 saturated carbocycles. The van der Waals surface area contributed by atoms with Crippen LogP contribution in [0.2, 0.25) is 0 Å². The second-order valence-corrected chi connectivity index (χ2v) is 9.99. The summed E-state index contributed by atoms with van der Waals surface area (Å²) >= 11 is 0. The van der Waals surface area contributed by atoms with Crippen molar-refractivity contribution in [3.63, 3.8) is 0 Å². The number of hydrogen-bond donors (Lipinski definition) is 2. The number of piperazine rings is 1. The molecule has 3 aromatic rings. The van der Waals surface area contributed by atoms with Gasteiger partial charge in [0.2, 0.25) is 5.95 Å². The summed E-state index contributed by atoms with van der Waals surface area (Å²) in [4.78, 5) is 26.4. The minimum atomic E-state index is 0.00507. The van der Waals surface area contributed by atoms with Crippen LogP contribution in [0.4, 0.5) is 17.3 Å². The third-order valence-electron chi connectivity index (χ3n) is 7.54. The van der Waals surface area contributed by atoms with Gasteiger partial charge in [-0.15, -0.1) is 0 Å². The smallest absolute Gasteiger partial charge is 0.270 e. The first-order valence-corrected chi connectivity index (χ1v) is 12.0. The second kappa shape index (κ2) is 7.87. The van der Waals surface area contributed by atoms with E-state index in [1.165, 1.54) is 0 Å². The number of carbonyl (C=O) groups excluding carboxylic acids is 1. The number of ether oxygens (including phenoxy) is 1. The normalized spacial score (nSPS) is 23.3. The molecule has 3 heterocycles. The zero-order chi connectivity index (χ0) is 23.4. The molecule has 1 amide bonds. The molecule has 2 N–H and O–H groups in total. The van der Waals surface area contributed by atoms with Crippen LogP contribution in [0.15, 0.2) is 30.5 Å². The Balaban J connectivity index is 1.34. The fraction of sp³-hybridized carbons (Fsp3) is 0.480. The number of hydrogen-bond acceptors (Lipinski definition) is 7. The molecule has 7 rings (SSSR count). The maximum atomic E-state index is 13.0. The highest BCUT2D eigenvalue weighted by atomic mass is 16.5. The van der Waals surface area contributed by atoms with Crippen LogP contribution in [0.5, 0.6) is 5.75 Å². The first kappa shape index (κ1) is 21.2. The van der Waals surface area contributed by atoms with Crippen LogP contribution in [0.25, 0.3) is 11.0 Å². The van der Waals surface area contributed by atoms with E-state index in [2.05, 4.69) is 31.2 Å². The van der Waals surface area contributed by atoms with E-state index in [0.29, 0.717) is 11.6 Å². The predicted molar refractivity (Wildman–Crippen MR) is 132 cm³/mol. The van der Waals surface area contributed by atoms with Gasteiger partial charge in [0.05, 0.1) is 12.8 Å². The van der Waals surface area contributed by atoms with Crippen LogP contribution >= 0.6 is 0 Å². The van der Waals surface area contributed by atoms with Gasteiger partial charge in [0.15, 0.2) is 0 Å². The van der Waals surface area contributed by atoms with E-state index in [1.54, 1.807) is 26.1 Å². The lowest BCUT2D eigenvalue weighted by molar-refractivity contribution is -0.0870. The van der Waals surface area contributed by atoms with Gasteiger partial charge >= 0.3 is 0 Å². The van der Waals surface area contributed by atoms with Crippen LogP contribution in [0.3, 0.4) is 0 Å². The summed E-state index contributed by atoms with van der Waals surface area (Å²) in [5.41, 5.74) is 3.52. The van der Waals surface area contributed by atoms with Crippen LogP contribution < -0.4 is 20.3 Å². The molecule has 4 fully saturated rings. The molecule has 2 aromatic heterocycles. The summed E-state index contributed by atoms with van der Waals surface area (Å²) < 4.78 is 7.89. The van der Waals surface area contributed by atoms with Gasteiger partial charge in [0.25, 0.3) is 5.91 Å². The number of anilines is 3. The molecule has 9 heteroatoms. The van der Waals surface area contributed by atoms with Crippen molar-refractivity contribution >= 4 is 34.3 Å². The van der Waals surface area contributed by atoms with Crippen LogP contribution in [0.1, 0.15) is 29.8 Å². The van der Waals surface area contributed by atoms with Crippen molar-refractivity contribution < 1.29 is 9.53 Å². The van der Waals surface area contributed by atoms with E-state index in [4.69, 9.17) is 9.72 Å². The molecular formula is C25H31N7O2. The van der Waals surface area contributed by atoms with Crippen molar-refractivity contribution in [2.45, 2.75) is 24.8 Å². The van der Waals surface area contributed by atoms with Crippen molar-refractivity contribution in [2.75, 3.05) is 57.6 Å².